The molecule has 0 aliphatic heterocycles. The van der Waals surface area contributed by atoms with Gasteiger partial charge in [0.2, 0.25) is 21.8 Å². The quantitative estimate of drug-likeness (QED) is 0.277. The predicted molar refractivity (Wildman–Crippen MR) is 165 cm³/mol. The van der Waals surface area contributed by atoms with E-state index >= 15 is 0 Å². The Balaban J connectivity index is 2.05. The molecule has 1 N–H and O–H groups in total. The molecule has 0 bridgehead atoms. The Morgan fingerprint density at radius 2 is 1.55 bits per heavy atom. The summed E-state index contributed by atoms with van der Waals surface area (Å²) in [6.07, 6.45) is 2.92. The summed E-state index contributed by atoms with van der Waals surface area (Å²) < 4.78 is 27.7. The van der Waals surface area contributed by atoms with Crippen LogP contribution >= 0.6 is 15.9 Å². The first-order chi connectivity index (χ1) is 19.0. The Bertz CT molecular complexity index is 1380. The van der Waals surface area contributed by atoms with Gasteiger partial charge in [0, 0.05) is 23.5 Å². The lowest BCUT2D eigenvalue weighted by Crippen LogP contribution is -2.54. The monoisotopic (exact) mass is 627 g/mol. The molecule has 3 aromatic carbocycles. The first-order valence-corrected chi connectivity index (χ1v) is 16.1. The van der Waals surface area contributed by atoms with Crippen LogP contribution in [0.1, 0.15) is 43.9 Å². The van der Waals surface area contributed by atoms with Crippen LogP contribution in [0.3, 0.4) is 0 Å². The molecule has 0 spiro atoms. The van der Waals surface area contributed by atoms with Crippen molar-refractivity contribution in [2.45, 2.75) is 58.7 Å². The smallest absolute Gasteiger partial charge is 0.244 e. The van der Waals surface area contributed by atoms with Crippen molar-refractivity contribution in [1.82, 2.24) is 10.2 Å². The number of amides is 2. The van der Waals surface area contributed by atoms with E-state index in [4.69, 9.17) is 0 Å². The normalized spacial score (nSPS) is 12.8. The number of aryl methyl sites for hydroxylation is 1. The molecule has 0 aromatic heterocycles. The van der Waals surface area contributed by atoms with Gasteiger partial charge in [0.15, 0.2) is 0 Å². The number of anilines is 1. The lowest BCUT2D eigenvalue weighted by Gasteiger charge is -2.34. The van der Waals surface area contributed by atoms with Crippen molar-refractivity contribution in [3.63, 3.8) is 0 Å². The van der Waals surface area contributed by atoms with Gasteiger partial charge in [-0.2, -0.15) is 0 Å². The van der Waals surface area contributed by atoms with Crippen LogP contribution in [0.15, 0.2) is 83.3 Å². The number of halogens is 1. The highest BCUT2D eigenvalue weighted by molar-refractivity contribution is 9.10. The number of nitrogens with one attached hydrogen (secondary N) is 1. The van der Waals surface area contributed by atoms with Crippen LogP contribution in [0.2, 0.25) is 0 Å². The molecule has 0 saturated heterocycles. The minimum absolute atomic E-state index is 0.0850. The van der Waals surface area contributed by atoms with Gasteiger partial charge in [-0.25, -0.2) is 8.42 Å². The van der Waals surface area contributed by atoms with Crippen molar-refractivity contribution >= 4 is 43.5 Å². The van der Waals surface area contributed by atoms with E-state index in [1.165, 1.54) is 4.90 Å². The fourth-order valence-corrected chi connectivity index (χ4v) is 5.63. The zero-order chi connectivity index (χ0) is 29.3. The van der Waals surface area contributed by atoms with Gasteiger partial charge in [-0.3, -0.25) is 13.9 Å². The Morgan fingerprint density at radius 3 is 2.12 bits per heavy atom. The molecule has 3 aromatic rings. The molecule has 0 heterocycles. The van der Waals surface area contributed by atoms with Crippen LogP contribution in [0.25, 0.3) is 0 Å². The van der Waals surface area contributed by atoms with Crippen molar-refractivity contribution in [3.05, 3.63) is 100 Å². The summed E-state index contributed by atoms with van der Waals surface area (Å²) >= 11 is 3.49. The van der Waals surface area contributed by atoms with Gasteiger partial charge in [0.05, 0.1) is 11.9 Å². The first kappa shape index (κ1) is 31.4. The summed E-state index contributed by atoms with van der Waals surface area (Å²) in [5.74, 6) is -0.745. The number of carbonyl (C=O) groups excluding carboxylic acids is 2. The third-order valence-electron chi connectivity index (χ3n) is 6.83. The zero-order valence-corrected chi connectivity index (χ0v) is 25.9. The average Bonchev–Trinajstić information content (AvgIpc) is 2.93. The summed E-state index contributed by atoms with van der Waals surface area (Å²) in [6.45, 7) is 5.62. The Kier molecular flexibility index (Phi) is 11.3. The molecule has 0 unspecified atom stereocenters. The third-order valence-corrected chi connectivity index (χ3v) is 8.46. The molecule has 2 amide bonds. The molecule has 40 heavy (non-hydrogen) atoms. The molecule has 9 heteroatoms. The van der Waals surface area contributed by atoms with E-state index in [2.05, 4.69) is 21.2 Å². The third kappa shape index (κ3) is 8.93. The van der Waals surface area contributed by atoms with Crippen LogP contribution < -0.4 is 9.62 Å². The Hall–Kier alpha value is -3.17. The Labute approximate surface area is 246 Å². The van der Waals surface area contributed by atoms with E-state index in [0.29, 0.717) is 5.69 Å². The number of nitrogens with zero attached hydrogens (tertiary/aromatic N) is 2. The second-order valence-corrected chi connectivity index (χ2v) is 12.8. The van der Waals surface area contributed by atoms with Crippen molar-refractivity contribution in [2.75, 3.05) is 17.1 Å². The van der Waals surface area contributed by atoms with E-state index in [1.807, 2.05) is 87.5 Å². The van der Waals surface area contributed by atoms with Crippen LogP contribution in [0.4, 0.5) is 5.69 Å². The molecular formula is C31H38BrN3O4S. The van der Waals surface area contributed by atoms with Gasteiger partial charge in [0.1, 0.15) is 12.6 Å². The fraction of sp³-hybridized carbons (Fsp3) is 0.355. The number of hydrogen-bond donors (Lipinski definition) is 1. The van der Waals surface area contributed by atoms with Crippen LogP contribution in [-0.4, -0.2) is 50.0 Å². The summed E-state index contributed by atoms with van der Waals surface area (Å²) in [4.78, 5) is 29.3. The van der Waals surface area contributed by atoms with Gasteiger partial charge >= 0.3 is 0 Å². The zero-order valence-electron chi connectivity index (χ0n) is 23.5. The van der Waals surface area contributed by atoms with Gasteiger partial charge in [0.25, 0.3) is 0 Å². The number of sulfonamides is 1. The summed E-state index contributed by atoms with van der Waals surface area (Å²) in [7, 11) is -3.80. The Morgan fingerprint density at radius 1 is 0.900 bits per heavy atom. The van der Waals surface area contributed by atoms with Crippen molar-refractivity contribution < 1.29 is 18.0 Å². The van der Waals surface area contributed by atoms with E-state index in [9.17, 15) is 18.0 Å². The lowest BCUT2D eigenvalue weighted by atomic mass is 10.0. The minimum atomic E-state index is -3.80. The van der Waals surface area contributed by atoms with Gasteiger partial charge in [-0.15, -0.1) is 0 Å². The predicted octanol–water partition coefficient (Wildman–Crippen LogP) is 5.33. The molecule has 7 nitrogen and oxygen atoms in total. The van der Waals surface area contributed by atoms with Crippen molar-refractivity contribution in [1.29, 1.82) is 0 Å². The minimum Gasteiger partial charge on any atom is -0.352 e. The molecule has 0 aliphatic rings. The molecule has 0 radical (unpaired) electrons. The fourth-order valence-electron chi connectivity index (χ4n) is 4.34. The van der Waals surface area contributed by atoms with E-state index in [-0.39, 0.29) is 24.9 Å². The topological polar surface area (TPSA) is 86.8 Å². The van der Waals surface area contributed by atoms with Crippen molar-refractivity contribution in [2.24, 2.45) is 0 Å². The molecule has 2 atom stereocenters. The van der Waals surface area contributed by atoms with Gasteiger partial charge < -0.3 is 10.2 Å². The highest BCUT2D eigenvalue weighted by atomic mass is 79.9. The molecule has 0 saturated carbocycles. The summed E-state index contributed by atoms with van der Waals surface area (Å²) in [5, 5.41) is 3.04. The highest BCUT2D eigenvalue weighted by Gasteiger charge is 2.33. The van der Waals surface area contributed by atoms with Crippen molar-refractivity contribution in [3.8, 4) is 0 Å². The molecule has 214 valence electrons. The van der Waals surface area contributed by atoms with E-state index < -0.39 is 28.5 Å². The number of hydrogen-bond acceptors (Lipinski definition) is 4. The summed E-state index contributed by atoms with van der Waals surface area (Å²) in [6, 6.07) is 23.3. The highest BCUT2D eigenvalue weighted by Crippen LogP contribution is 2.22. The standard InChI is InChI=1S/C31H38BrN3O4S/c1-5-23(3)33-31(37)29(20-25-11-8-7-9-12-25)34(21-26-13-10-14-27(32)19-26)30(36)22-35(40(4,38)39)28-17-15-24(6-2)16-18-28/h7-19,23,29H,5-6,20-22H2,1-4H3,(H,33,37)/t23-,29-/m1/s1. The van der Waals surface area contributed by atoms with Crippen LogP contribution in [0, 0.1) is 0 Å². The lowest BCUT2D eigenvalue weighted by molar-refractivity contribution is -0.140. The average molecular weight is 629 g/mol. The van der Waals surface area contributed by atoms with E-state index in [0.717, 1.165) is 44.6 Å². The maximum atomic E-state index is 14.1. The maximum Gasteiger partial charge on any atom is 0.244 e. The number of carbonyl (C=O) groups is 2. The number of rotatable bonds is 13. The molecule has 0 aliphatic carbocycles. The first-order valence-electron chi connectivity index (χ1n) is 13.5. The largest absolute Gasteiger partial charge is 0.352 e. The van der Waals surface area contributed by atoms with Gasteiger partial charge in [-0.05, 0) is 60.7 Å². The SMILES string of the molecule is CCc1ccc(N(CC(=O)N(Cc2cccc(Br)c2)[C@H](Cc2ccccc2)C(=O)N[C@H](C)CC)S(C)(=O)=O)cc1. The van der Waals surface area contributed by atoms with Crippen LogP contribution in [-0.2, 0) is 39.0 Å². The summed E-state index contributed by atoms with van der Waals surface area (Å²) in [5.41, 5.74) is 3.17. The number of benzene rings is 3. The van der Waals surface area contributed by atoms with Gasteiger partial charge in [-0.1, -0.05) is 84.4 Å². The maximum absolute atomic E-state index is 14.1. The molecule has 0 fully saturated rings. The molecular weight excluding hydrogens is 590 g/mol. The second kappa shape index (κ2) is 14.5. The molecule has 3 rings (SSSR count). The second-order valence-electron chi connectivity index (χ2n) is 9.96. The van der Waals surface area contributed by atoms with E-state index in [1.54, 1.807) is 12.1 Å². The van der Waals surface area contributed by atoms with Crippen LogP contribution in [0.5, 0.6) is 0 Å².